The second kappa shape index (κ2) is 5.96. The van der Waals surface area contributed by atoms with Crippen LogP contribution in [0.3, 0.4) is 0 Å². The van der Waals surface area contributed by atoms with E-state index in [1.165, 1.54) is 0 Å². The third-order valence-electron chi connectivity index (χ3n) is 4.86. The van der Waals surface area contributed by atoms with E-state index in [1.807, 2.05) is 11.0 Å². The van der Waals surface area contributed by atoms with E-state index in [-0.39, 0.29) is 11.5 Å². The maximum absolute atomic E-state index is 12.3. The van der Waals surface area contributed by atoms with Gasteiger partial charge in [-0.1, -0.05) is 12.1 Å². The first-order chi connectivity index (χ1) is 10.9. The molecule has 1 aromatic carbocycles. The third-order valence-corrected chi connectivity index (χ3v) is 4.86. The molecule has 0 bridgehead atoms. The van der Waals surface area contributed by atoms with Gasteiger partial charge in [0.25, 0.3) is 0 Å². The molecule has 0 unspecified atom stereocenters. The minimum absolute atomic E-state index is 0.109. The van der Waals surface area contributed by atoms with Crippen molar-refractivity contribution in [3.05, 3.63) is 35.4 Å². The molecule has 0 atom stereocenters. The molecule has 23 heavy (non-hydrogen) atoms. The summed E-state index contributed by atoms with van der Waals surface area (Å²) in [5, 5.41) is 9.11. The second-order valence-electron chi connectivity index (χ2n) is 7.27. The van der Waals surface area contributed by atoms with Crippen molar-refractivity contribution in [3.8, 4) is 0 Å². The van der Waals surface area contributed by atoms with Crippen LogP contribution in [0.4, 0.5) is 0 Å². The average molecular weight is 316 g/mol. The second-order valence-corrected chi connectivity index (χ2v) is 7.27. The van der Waals surface area contributed by atoms with Gasteiger partial charge in [0.1, 0.15) is 0 Å². The molecular formula is C18H24N2O3. The Balaban J connectivity index is 1.68. The summed E-state index contributed by atoms with van der Waals surface area (Å²) in [6.45, 7) is 7.33. The highest BCUT2D eigenvalue weighted by atomic mass is 16.4. The van der Waals surface area contributed by atoms with Crippen molar-refractivity contribution in [2.75, 3.05) is 19.6 Å². The third kappa shape index (κ3) is 3.55. The summed E-state index contributed by atoms with van der Waals surface area (Å²) >= 11 is 0. The van der Waals surface area contributed by atoms with Gasteiger partial charge in [-0.05, 0) is 44.4 Å². The first-order valence-corrected chi connectivity index (χ1v) is 8.23. The Labute approximate surface area is 136 Å². The van der Waals surface area contributed by atoms with Gasteiger partial charge in [-0.25, -0.2) is 4.79 Å². The molecule has 1 aliphatic carbocycles. The van der Waals surface area contributed by atoms with Crippen LogP contribution < -0.4 is 0 Å². The number of rotatable bonds is 4. The van der Waals surface area contributed by atoms with Crippen LogP contribution in [0.15, 0.2) is 24.3 Å². The zero-order valence-electron chi connectivity index (χ0n) is 13.8. The van der Waals surface area contributed by atoms with Crippen LogP contribution in [-0.4, -0.2) is 52.0 Å². The Kier molecular flexibility index (Phi) is 4.15. The van der Waals surface area contributed by atoms with Gasteiger partial charge in [0, 0.05) is 37.6 Å². The molecule has 2 aliphatic rings. The first-order valence-electron chi connectivity index (χ1n) is 8.23. The van der Waals surface area contributed by atoms with E-state index in [1.54, 1.807) is 18.2 Å². The molecule has 1 amide bonds. The fraction of sp³-hybridized carbons (Fsp3) is 0.556. The highest BCUT2D eigenvalue weighted by Gasteiger charge is 2.40. The minimum atomic E-state index is -0.897. The van der Waals surface area contributed by atoms with Crippen molar-refractivity contribution in [3.63, 3.8) is 0 Å². The van der Waals surface area contributed by atoms with Crippen LogP contribution in [-0.2, 0) is 11.3 Å². The molecule has 1 aromatic rings. The van der Waals surface area contributed by atoms with E-state index in [4.69, 9.17) is 5.11 Å². The van der Waals surface area contributed by atoms with Gasteiger partial charge in [-0.2, -0.15) is 0 Å². The minimum Gasteiger partial charge on any atom is -0.478 e. The Hall–Kier alpha value is -1.88. The van der Waals surface area contributed by atoms with Crippen LogP contribution in [0.25, 0.3) is 0 Å². The van der Waals surface area contributed by atoms with E-state index in [2.05, 4.69) is 18.7 Å². The highest BCUT2D eigenvalue weighted by Crippen LogP contribution is 2.33. The maximum Gasteiger partial charge on any atom is 0.335 e. The van der Waals surface area contributed by atoms with Gasteiger partial charge in [-0.15, -0.1) is 0 Å². The number of amides is 1. The number of carbonyl (C=O) groups excluding carboxylic acids is 1. The number of carbonyl (C=O) groups is 2. The van der Waals surface area contributed by atoms with Gasteiger partial charge < -0.3 is 10.0 Å². The van der Waals surface area contributed by atoms with Crippen molar-refractivity contribution >= 4 is 11.9 Å². The number of benzene rings is 1. The first kappa shape index (κ1) is 16.0. The molecule has 1 saturated heterocycles. The van der Waals surface area contributed by atoms with E-state index in [0.717, 1.165) is 38.0 Å². The molecule has 5 heteroatoms. The SMILES string of the molecule is CC1(C)CN(C(=O)C2CC2)CCN1Cc1cccc(C(=O)O)c1. The number of aromatic carboxylic acids is 1. The number of hydrogen-bond donors (Lipinski definition) is 1. The number of piperazine rings is 1. The predicted molar refractivity (Wildman–Crippen MR) is 87.2 cm³/mol. The lowest BCUT2D eigenvalue weighted by Gasteiger charge is -2.47. The number of carboxylic acid groups (broad SMARTS) is 1. The molecule has 1 heterocycles. The lowest BCUT2D eigenvalue weighted by molar-refractivity contribution is -0.137. The van der Waals surface area contributed by atoms with Gasteiger partial charge in [0.15, 0.2) is 0 Å². The van der Waals surface area contributed by atoms with Crippen molar-refractivity contribution in [1.29, 1.82) is 0 Å². The number of hydrogen-bond acceptors (Lipinski definition) is 3. The van der Waals surface area contributed by atoms with Crippen LogP contribution in [0, 0.1) is 5.92 Å². The molecule has 3 rings (SSSR count). The van der Waals surface area contributed by atoms with E-state index >= 15 is 0 Å². The standard InChI is InChI=1S/C18H24N2O3/c1-18(2)12-19(16(21)14-6-7-14)8-9-20(18)11-13-4-3-5-15(10-13)17(22)23/h3-5,10,14H,6-9,11-12H2,1-2H3,(H,22,23). The molecule has 124 valence electrons. The molecule has 0 radical (unpaired) electrons. The largest absolute Gasteiger partial charge is 0.478 e. The average Bonchev–Trinajstić information content (AvgIpc) is 3.33. The van der Waals surface area contributed by atoms with Crippen LogP contribution >= 0.6 is 0 Å². The van der Waals surface area contributed by atoms with Crippen molar-refractivity contribution in [2.24, 2.45) is 5.92 Å². The highest BCUT2D eigenvalue weighted by molar-refractivity contribution is 5.87. The van der Waals surface area contributed by atoms with Gasteiger partial charge in [-0.3, -0.25) is 9.69 Å². The van der Waals surface area contributed by atoms with Crippen molar-refractivity contribution in [1.82, 2.24) is 9.80 Å². The Morgan fingerprint density at radius 3 is 2.61 bits per heavy atom. The van der Waals surface area contributed by atoms with Gasteiger partial charge >= 0.3 is 5.97 Å². The smallest absolute Gasteiger partial charge is 0.335 e. The monoisotopic (exact) mass is 316 g/mol. The molecule has 5 nitrogen and oxygen atoms in total. The van der Waals surface area contributed by atoms with Crippen LogP contribution in [0.2, 0.25) is 0 Å². The molecular weight excluding hydrogens is 292 g/mol. The molecule has 1 saturated carbocycles. The van der Waals surface area contributed by atoms with E-state index < -0.39 is 5.97 Å². The van der Waals surface area contributed by atoms with Crippen molar-refractivity contribution < 1.29 is 14.7 Å². The molecule has 1 N–H and O–H groups in total. The summed E-state index contributed by atoms with van der Waals surface area (Å²) in [5.41, 5.74) is 1.21. The maximum atomic E-state index is 12.3. The van der Waals surface area contributed by atoms with Gasteiger partial charge in [0.05, 0.1) is 5.56 Å². The topological polar surface area (TPSA) is 60.9 Å². The Morgan fingerprint density at radius 2 is 2.00 bits per heavy atom. The fourth-order valence-corrected chi connectivity index (χ4v) is 3.28. The zero-order valence-corrected chi connectivity index (χ0v) is 13.8. The quantitative estimate of drug-likeness (QED) is 0.925. The predicted octanol–water partition coefficient (Wildman–Crippen LogP) is 2.22. The van der Waals surface area contributed by atoms with E-state index in [0.29, 0.717) is 18.0 Å². The molecule has 2 fully saturated rings. The number of carboxylic acids is 1. The fourth-order valence-electron chi connectivity index (χ4n) is 3.28. The summed E-state index contributed by atoms with van der Waals surface area (Å²) in [4.78, 5) is 27.7. The van der Waals surface area contributed by atoms with Crippen LogP contribution in [0.1, 0.15) is 42.6 Å². The number of nitrogens with zero attached hydrogens (tertiary/aromatic N) is 2. The van der Waals surface area contributed by atoms with Gasteiger partial charge in [0.2, 0.25) is 5.91 Å². The molecule has 0 aromatic heterocycles. The Morgan fingerprint density at radius 1 is 1.26 bits per heavy atom. The summed E-state index contributed by atoms with van der Waals surface area (Å²) in [7, 11) is 0. The van der Waals surface area contributed by atoms with E-state index in [9.17, 15) is 9.59 Å². The molecule has 0 spiro atoms. The van der Waals surface area contributed by atoms with Crippen molar-refractivity contribution in [2.45, 2.75) is 38.8 Å². The lowest BCUT2D eigenvalue weighted by atomic mass is 9.97. The molecule has 1 aliphatic heterocycles. The Bertz CT molecular complexity index is 622. The normalized spacial score (nSPS) is 21.2. The lowest BCUT2D eigenvalue weighted by Crippen LogP contribution is -2.60. The van der Waals surface area contributed by atoms with Crippen LogP contribution in [0.5, 0.6) is 0 Å². The summed E-state index contributed by atoms with van der Waals surface area (Å²) in [6.07, 6.45) is 2.09. The zero-order chi connectivity index (χ0) is 16.6. The summed E-state index contributed by atoms with van der Waals surface area (Å²) in [6, 6.07) is 7.10. The summed E-state index contributed by atoms with van der Waals surface area (Å²) < 4.78 is 0. The summed E-state index contributed by atoms with van der Waals surface area (Å²) in [5.74, 6) is -0.318.